The average molecular weight is 344 g/mol. The van der Waals surface area contributed by atoms with Gasteiger partial charge in [0, 0.05) is 49.9 Å². The predicted octanol–water partition coefficient (Wildman–Crippen LogP) is 1.45. The van der Waals surface area contributed by atoms with Gasteiger partial charge in [0.2, 0.25) is 5.91 Å². The zero-order valence-electron chi connectivity index (χ0n) is 14.7. The molecule has 0 bridgehead atoms. The van der Waals surface area contributed by atoms with E-state index in [2.05, 4.69) is 10.6 Å². The summed E-state index contributed by atoms with van der Waals surface area (Å²) in [6.07, 6.45) is 1.11. The maximum absolute atomic E-state index is 12.7. The third kappa shape index (κ3) is 3.92. The van der Waals surface area contributed by atoms with E-state index in [9.17, 15) is 14.4 Å². The molecule has 0 saturated carbocycles. The SMILES string of the molecule is CC(C)NC(=O)N1CCN(C(=O)c2ccc3c(c2)CCC(=O)N3)CC1. The number of nitrogens with one attached hydrogen (secondary N) is 2. The Morgan fingerprint density at radius 1 is 1.08 bits per heavy atom. The molecule has 1 aromatic carbocycles. The summed E-state index contributed by atoms with van der Waals surface area (Å²) in [4.78, 5) is 39.7. The van der Waals surface area contributed by atoms with Gasteiger partial charge in [-0.25, -0.2) is 4.79 Å². The molecular formula is C18H24N4O3. The first-order chi connectivity index (χ1) is 11.9. The monoisotopic (exact) mass is 344 g/mol. The van der Waals surface area contributed by atoms with Crippen molar-refractivity contribution < 1.29 is 14.4 Å². The van der Waals surface area contributed by atoms with Crippen LogP contribution in [-0.4, -0.2) is 59.9 Å². The summed E-state index contributed by atoms with van der Waals surface area (Å²) in [5.74, 6) is -0.00834. The van der Waals surface area contributed by atoms with Crippen molar-refractivity contribution in [1.82, 2.24) is 15.1 Å². The highest BCUT2D eigenvalue weighted by Crippen LogP contribution is 2.24. The molecule has 0 aliphatic carbocycles. The number of hydrogen-bond acceptors (Lipinski definition) is 3. The van der Waals surface area contributed by atoms with E-state index in [-0.39, 0.29) is 23.9 Å². The van der Waals surface area contributed by atoms with Crippen LogP contribution in [0.15, 0.2) is 18.2 Å². The van der Waals surface area contributed by atoms with Gasteiger partial charge in [0.05, 0.1) is 0 Å². The van der Waals surface area contributed by atoms with E-state index in [4.69, 9.17) is 0 Å². The van der Waals surface area contributed by atoms with Gasteiger partial charge in [0.15, 0.2) is 0 Å². The predicted molar refractivity (Wildman–Crippen MR) is 94.5 cm³/mol. The fraction of sp³-hybridized carbons (Fsp3) is 0.500. The molecule has 7 nitrogen and oxygen atoms in total. The number of nitrogens with zero attached hydrogens (tertiary/aromatic N) is 2. The number of fused-ring (bicyclic) bond motifs is 1. The van der Waals surface area contributed by atoms with Crippen molar-refractivity contribution in [1.29, 1.82) is 0 Å². The molecule has 0 spiro atoms. The van der Waals surface area contributed by atoms with Crippen LogP contribution in [0.25, 0.3) is 0 Å². The molecule has 2 aliphatic heterocycles. The molecule has 2 N–H and O–H groups in total. The van der Waals surface area contributed by atoms with Gasteiger partial charge in [-0.05, 0) is 44.0 Å². The lowest BCUT2D eigenvalue weighted by atomic mass is 10.00. The van der Waals surface area contributed by atoms with E-state index < -0.39 is 0 Å². The lowest BCUT2D eigenvalue weighted by molar-refractivity contribution is -0.116. The van der Waals surface area contributed by atoms with E-state index >= 15 is 0 Å². The summed E-state index contributed by atoms with van der Waals surface area (Å²) < 4.78 is 0. The van der Waals surface area contributed by atoms with Crippen molar-refractivity contribution in [3.8, 4) is 0 Å². The zero-order chi connectivity index (χ0) is 18.0. The van der Waals surface area contributed by atoms with E-state index in [1.807, 2.05) is 19.9 Å². The Morgan fingerprint density at radius 2 is 1.76 bits per heavy atom. The first-order valence-electron chi connectivity index (χ1n) is 8.71. The van der Waals surface area contributed by atoms with Gasteiger partial charge in [-0.3, -0.25) is 9.59 Å². The molecular weight excluding hydrogens is 320 g/mol. The summed E-state index contributed by atoms with van der Waals surface area (Å²) in [5.41, 5.74) is 2.43. The number of benzene rings is 1. The molecule has 0 unspecified atom stereocenters. The van der Waals surface area contributed by atoms with Crippen LogP contribution in [-0.2, 0) is 11.2 Å². The Morgan fingerprint density at radius 3 is 2.44 bits per heavy atom. The minimum atomic E-state index is -0.0772. The van der Waals surface area contributed by atoms with Gasteiger partial charge in [-0.2, -0.15) is 0 Å². The molecule has 0 aromatic heterocycles. The second-order valence-corrected chi connectivity index (χ2v) is 6.80. The van der Waals surface area contributed by atoms with Crippen molar-refractivity contribution in [2.45, 2.75) is 32.7 Å². The third-order valence-corrected chi connectivity index (χ3v) is 4.51. The van der Waals surface area contributed by atoms with Crippen LogP contribution < -0.4 is 10.6 Å². The Balaban J connectivity index is 1.61. The van der Waals surface area contributed by atoms with Crippen molar-refractivity contribution >= 4 is 23.5 Å². The van der Waals surface area contributed by atoms with E-state index in [0.29, 0.717) is 44.6 Å². The van der Waals surface area contributed by atoms with Crippen LogP contribution >= 0.6 is 0 Å². The Bertz CT molecular complexity index is 694. The number of carbonyl (C=O) groups excluding carboxylic acids is 3. The largest absolute Gasteiger partial charge is 0.336 e. The van der Waals surface area contributed by atoms with Crippen molar-refractivity contribution in [2.24, 2.45) is 0 Å². The summed E-state index contributed by atoms with van der Waals surface area (Å²) in [7, 11) is 0. The van der Waals surface area contributed by atoms with E-state index in [0.717, 1.165) is 11.3 Å². The summed E-state index contributed by atoms with van der Waals surface area (Å²) in [5, 5.41) is 5.70. The van der Waals surface area contributed by atoms with Crippen LogP contribution in [0, 0.1) is 0 Å². The molecule has 0 atom stereocenters. The van der Waals surface area contributed by atoms with Gasteiger partial charge in [0.25, 0.3) is 5.91 Å². The highest BCUT2D eigenvalue weighted by Gasteiger charge is 2.26. The van der Waals surface area contributed by atoms with Crippen molar-refractivity contribution in [2.75, 3.05) is 31.5 Å². The molecule has 2 aliphatic rings. The van der Waals surface area contributed by atoms with Crippen molar-refractivity contribution in [3.63, 3.8) is 0 Å². The van der Waals surface area contributed by atoms with Crippen LogP contribution in [0.5, 0.6) is 0 Å². The number of hydrogen-bond donors (Lipinski definition) is 2. The van der Waals surface area contributed by atoms with Crippen LogP contribution in [0.2, 0.25) is 0 Å². The van der Waals surface area contributed by atoms with Gasteiger partial charge >= 0.3 is 6.03 Å². The lowest BCUT2D eigenvalue weighted by Gasteiger charge is -2.35. The van der Waals surface area contributed by atoms with E-state index in [1.165, 1.54) is 0 Å². The quantitative estimate of drug-likeness (QED) is 0.852. The molecule has 4 amide bonds. The summed E-state index contributed by atoms with van der Waals surface area (Å²) in [6.45, 7) is 5.97. The normalized spacial score (nSPS) is 17.2. The van der Waals surface area contributed by atoms with Crippen LogP contribution in [0.1, 0.15) is 36.2 Å². The number of carbonyl (C=O) groups is 3. The number of aryl methyl sites for hydroxylation is 1. The van der Waals surface area contributed by atoms with Crippen molar-refractivity contribution in [3.05, 3.63) is 29.3 Å². The Hall–Kier alpha value is -2.57. The molecule has 1 aromatic rings. The van der Waals surface area contributed by atoms with Crippen LogP contribution in [0.3, 0.4) is 0 Å². The molecule has 1 saturated heterocycles. The highest BCUT2D eigenvalue weighted by molar-refractivity contribution is 5.98. The fourth-order valence-electron chi connectivity index (χ4n) is 3.15. The Kier molecular flexibility index (Phi) is 4.92. The minimum absolute atomic E-state index is 0.0161. The summed E-state index contributed by atoms with van der Waals surface area (Å²) in [6, 6.07) is 5.45. The van der Waals surface area contributed by atoms with Gasteiger partial charge in [-0.1, -0.05) is 0 Å². The Labute approximate surface area is 147 Å². The average Bonchev–Trinajstić information content (AvgIpc) is 2.60. The molecule has 7 heteroatoms. The smallest absolute Gasteiger partial charge is 0.317 e. The van der Waals surface area contributed by atoms with Gasteiger partial charge < -0.3 is 20.4 Å². The number of amides is 4. The molecule has 25 heavy (non-hydrogen) atoms. The number of rotatable bonds is 2. The molecule has 3 rings (SSSR count). The first-order valence-corrected chi connectivity index (χ1v) is 8.71. The standard InChI is InChI=1S/C18H24N4O3/c1-12(2)19-18(25)22-9-7-21(8-10-22)17(24)14-3-5-15-13(11-14)4-6-16(23)20-15/h3,5,11-12H,4,6-10H2,1-2H3,(H,19,25)(H,20,23). The maximum Gasteiger partial charge on any atom is 0.317 e. The molecule has 1 fully saturated rings. The number of anilines is 1. The molecule has 2 heterocycles. The highest BCUT2D eigenvalue weighted by atomic mass is 16.2. The molecule has 134 valence electrons. The van der Waals surface area contributed by atoms with Gasteiger partial charge in [-0.15, -0.1) is 0 Å². The second kappa shape index (κ2) is 7.13. The fourth-order valence-corrected chi connectivity index (χ4v) is 3.15. The number of urea groups is 1. The first kappa shape index (κ1) is 17.3. The topological polar surface area (TPSA) is 81.8 Å². The lowest BCUT2D eigenvalue weighted by Crippen LogP contribution is -2.54. The minimum Gasteiger partial charge on any atom is -0.336 e. The molecule has 0 radical (unpaired) electrons. The third-order valence-electron chi connectivity index (χ3n) is 4.51. The van der Waals surface area contributed by atoms with E-state index in [1.54, 1.807) is 21.9 Å². The van der Waals surface area contributed by atoms with Gasteiger partial charge in [0.1, 0.15) is 0 Å². The number of piperazine rings is 1. The maximum atomic E-state index is 12.7. The second-order valence-electron chi connectivity index (χ2n) is 6.80. The summed E-state index contributed by atoms with van der Waals surface area (Å²) >= 11 is 0. The zero-order valence-corrected chi connectivity index (χ0v) is 14.7. The van der Waals surface area contributed by atoms with Crippen LogP contribution in [0.4, 0.5) is 10.5 Å².